The molecule has 2 aliphatic heterocycles. The molecule has 1 aromatic heterocycles. The van der Waals surface area contributed by atoms with Crippen LogP contribution in [0.15, 0.2) is 42.6 Å². The predicted molar refractivity (Wildman–Crippen MR) is 118 cm³/mol. The number of amides is 1. The van der Waals surface area contributed by atoms with Gasteiger partial charge in [0.15, 0.2) is 0 Å². The van der Waals surface area contributed by atoms with Gasteiger partial charge in [-0.2, -0.15) is 0 Å². The normalized spacial score (nSPS) is 23.4. The first-order valence-corrected chi connectivity index (χ1v) is 10.9. The highest BCUT2D eigenvalue weighted by molar-refractivity contribution is 6.42. The van der Waals surface area contributed by atoms with Gasteiger partial charge in [0.2, 0.25) is 5.91 Å². The lowest BCUT2D eigenvalue weighted by Crippen LogP contribution is -2.52. The third kappa shape index (κ3) is 4.58. The van der Waals surface area contributed by atoms with Gasteiger partial charge >= 0.3 is 0 Å². The van der Waals surface area contributed by atoms with Crippen molar-refractivity contribution in [3.05, 3.63) is 58.2 Å². The van der Waals surface area contributed by atoms with Gasteiger partial charge in [-0.3, -0.25) is 9.69 Å². The highest BCUT2D eigenvalue weighted by Gasteiger charge is 2.41. The second-order valence-corrected chi connectivity index (χ2v) is 8.73. The molecule has 1 aromatic carbocycles. The van der Waals surface area contributed by atoms with Gasteiger partial charge < -0.3 is 10.2 Å². The minimum Gasteiger partial charge on any atom is -0.314 e. The third-order valence-electron chi connectivity index (χ3n) is 6.15. The number of halogens is 2. The summed E-state index contributed by atoms with van der Waals surface area (Å²) in [5, 5.41) is 4.53. The number of pyridine rings is 1. The maximum Gasteiger partial charge on any atom is 0.228 e. The van der Waals surface area contributed by atoms with Gasteiger partial charge in [-0.25, -0.2) is 4.98 Å². The van der Waals surface area contributed by atoms with Crippen molar-refractivity contribution in [2.24, 2.45) is 0 Å². The number of benzene rings is 1. The van der Waals surface area contributed by atoms with Crippen LogP contribution in [0.25, 0.3) is 0 Å². The molecule has 0 radical (unpaired) electrons. The lowest BCUT2D eigenvalue weighted by Gasteiger charge is -2.44. The van der Waals surface area contributed by atoms with Crippen molar-refractivity contribution in [3.63, 3.8) is 0 Å². The molecule has 1 atom stereocenters. The molecule has 0 saturated carbocycles. The molecule has 0 aliphatic carbocycles. The van der Waals surface area contributed by atoms with Crippen molar-refractivity contribution in [2.45, 2.75) is 24.7 Å². The van der Waals surface area contributed by atoms with E-state index < -0.39 is 0 Å². The van der Waals surface area contributed by atoms with Gasteiger partial charge in [0.1, 0.15) is 5.82 Å². The first kappa shape index (κ1) is 20.6. The molecule has 4 rings (SSSR count). The standard InChI is InChI=1S/C22H26Cl2N4O/c23-18-5-4-17(15-19(18)24)22(8-12-27-13-10-25-11-14-27)7-6-21(29)28(16-22)20-3-1-2-9-26-20/h1-5,9,15,25H,6-8,10-14,16H2/t22-/m1/s1. The summed E-state index contributed by atoms with van der Waals surface area (Å²) in [7, 11) is 0. The summed E-state index contributed by atoms with van der Waals surface area (Å²) in [6.45, 7) is 5.76. The van der Waals surface area contributed by atoms with Crippen molar-refractivity contribution in [1.82, 2.24) is 15.2 Å². The molecule has 1 amide bonds. The van der Waals surface area contributed by atoms with Gasteiger partial charge in [0.25, 0.3) is 0 Å². The van der Waals surface area contributed by atoms with E-state index in [0.29, 0.717) is 28.8 Å². The van der Waals surface area contributed by atoms with E-state index >= 15 is 0 Å². The molecule has 154 valence electrons. The summed E-state index contributed by atoms with van der Waals surface area (Å²) in [6, 6.07) is 11.6. The van der Waals surface area contributed by atoms with E-state index in [0.717, 1.165) is 51.1 Å². The number of piperazine rings is 1. The second kappa shape index (κ2) is 9.00. The molecular formula is C22H26Cl2N4O. The van der Waals surface area contributed by atoms with E-state index in [1.165, 1.54) is 0 Å². The minimum absolute atomic E-state index is 0.126. The lowest BCUT2D eigenvalue weighted by molar-refractivity contribution is -0.120. The van der Waals surface area contributed by atoms with Crippen molar-refractivity contribution >= 4 is 34.9 Å². The average Bonchev–Trinajstić information content (AvgIpc) is 2.77. The number of nitrogens with one attached hydrogen (secondary N) is 1. The van der Waals surface area contributed by atoms with Crippen LogP contribution in [0.4, 0.5) is 5.82 Å². The number of piperidine rings is 1. The molecule has 2 saturated heterocycles. The zero-order valence-electron chi connectivity index (χ0n) is 16.4. The van der Waals surface area contributed by atoms with Crippen LogP contribution in [0.3, 0.4) is 0 Å². The van der Waals surface area contributed by atoms with Crippen molar-refractivity contribution in [2.75, 3.05) is 44.2 Å². The van der Waals surface area contributed by atoms with Crippen molar-refractivity contribution < 1.29 is 4.79 Å². The van der Waals surface area contributed by atoms with Gasteiger partial charge in [0.05, 0.1) is 10.0 Å². The number of rotatable bonds is 5. The number of carbonyl (C=O) groups excluding carboxylic acids is 1. The van der Waals surface area contributed by atoms with Gasteiger partial charge in [0, 0.05) is 50.8 Å². The van der Waals surface area contributed by atoms with Crippen LogP contribution in [-0.2, 0) is 10.2 Å². The SMILES string of the molecule is O=C1CC[C@](CCN2CCNCC2)(c2ccc(Cl)c(Cl)c2)CN1c1ccccn1. The molecule has 0 unspecified atom stereocenters. The number of anilines is 1. The molecule has 2 fully saturated rings. The first-order chi connectivity index (χ1) is 14.1. The predicted octanol–water partition coefficient (Wildman–Crippen LogP) is 3.75. The molecule has 29 heavy (non-hydrogen) atoms. The smallest absolute Gasteiger partial charge is 0.228 e. The monoisotopic (exact) mass is 432 g/mol. The Hall–Kier alpha value is -1.66. The fourth-order valence-electron chi connectivity index (χ4n) is 4.39. The molecule has 2 aliphatic rings. The number of nitrogens with zero attached hydrogens (tertiary/aromatic N) is 3. The Labute approximate surface area is 182 Å². The second-order valence-electron chi connectivity index (χ2n) is 7.92. The van der Waals surface area contributed by atoms with E-state index in [1.54, 1.807) is 6.20 Å². The zero-order chi connectivity index (χ0) is 20.3. The topological polar surface area (TPSA) is 48.5 Å². The quantitative estimate of drug-likeness (QED) is 0.781. The van der Waals surface area contributed by atoms with E-state index in [1.807, 2.05) is 35.2 Å². The molecule has 0 spiro atoms. The van der Waals surface area contributed by atoms with E-state index in [-0.39, 0.29) is 11.3 Å². The third-order valence-corrected chi connectivity index (χ3v) is 6.89. The molecule has 5 nitrogen and oxygen atoms in total. The van der Waals surface area contributed by atoms with Crippen LogP contribution >= 0.6 is 23.2 Å². The number of carbonyl (C=O) groups is 1. The average molecular weight is 433 g/mol. The molecule has 0 bridgehead atoms. The Kier molecular flexibility index (Phi) is 6.40. The zero-order valence-corrected chi connectivity index (χ0v) is 17.9. The maximum atomic E-state index is 12.8. The van der Waals surface area contributed by atoms with Crippen LogP contribution in [-0.4, -0.2) is 55.1 Å². The molecule has 2 aromatic rings. The van der Waals surface area contributed by atoms with E-state index in [2.05, 4.69) is 21.3 Å². The highest BCUT2D eigenvalue weighted by Crippen LogP contribution is 2.41. The summed E-state index contributed by atoms with van der Waals surface area (Å²) < 4.78 is 0. The summed E-state index contributed by atoms with van der Waals surface area (Å²) >= 11 is 12.6. The van der Waals surface area contributed by atoms with Crippen LogP contribution in [0.2, 0.25) is 10.0 Å². The van der Waals surface area contributed by atoms with E-state index in [4.69, 9.17) is 23.2 Å². The fourth-order valence-corrected chi connectivity index (χ4v) is 4.69. The summed E-state index contributed by atoms with van der Waals surface area (Å²) in [5.41, 5.74) is 0.973. The fraction of sp³-hybridized carbons (Fsp3) is 0.455. The highest BCUT2D eigenvalue weighted by atomic mass is 35.5. The molecule has 3 heterocycles. The molecule has 7 heteroatoms. The van der Waals surface area contributed by atoms with Gasteiger partial charge in [-0.15, -0.1) is 0 Å². The maximum absolute atomic E-state index is 12.8. The Morgan fingerprint density at radius 2 is 1.93 bits per heavy atom. The largest absolute Gasteiger partial charge is 0.314 e. The summed E-state index contributed by atoms with van der Waals surface area (Å²) in [5.74, 6) is 0.838. The molecular weight excluding hydrogens is 407 g/mol. The Bertz CT molecular complexity index is 857. The lowest BCUT2D eigenvalue weighted by atomic mass is 9.71. The van der Waals surface area contributed by atoms with E-state index in [9.17, 15) is 4.79 Å². The van der Waals surface area contributed by atoms with Crippen LogP contribution in [0, 0.1) is 0 Å². The Morgan fingerprint density at radius 1 is 1.10 bits per heavy atom. The van der Waals surface area contributed by atoms with Crippen molar-refractivity contribution in [3.8, 4) is 0 Å². The Morgan fingerprint density at radius 3 is 2.66 bits per heavy atom. The number of hydrogen-bond donors (Lipinski definition) is 1. The van der Waals surface area contributed by atoms with Crippen LogP contribution < -0.4 is 10.2 Å². The minimum atomic E-state index is -0.176. The molecule has 1 N–H and O–H groups in total. The van der Waals surface area contributed by atoms with Crippen LogP contribution in [0.1, 0.15) is 24.8 Å². The first-order valence-electron chi connectivity index (χ1n) is 10.2. The Balaban J connectivity index is 1.65. The number of aromatic nitrogens is 1. The number of hydrogen-bond acceptors (Lipinski definition) is 4. The van der Waals surface area contributed by atoms with Gasteiger partial charge in [-0.1, -0.05) is 35.3 Å². The van der Waals surface area contributed by atoms with Crippen molar-refractivity contribution in [1.29, 1.82) is 0 Å². The summed E-state index contributed by atoms with van der Waals surface area (Å²) in [4.78, 5) is 21.5. The van der Waals surface area contributed by atoms with Crippen LogP contribution in [0.5, 0.6) is 0 Å². The van der Waals surface area contributed by atoms with Gasteiger partial charge in [-0.05, 0) is 49.2 Å². The summed E-state index contributed by atoms with van der Waals surface area (Å²) in [6.07, 6.45) is 4.00.